The summed E-state index contributed by atoms with van der Waals surface area (Å²) in [5, 5.41) is 0. The molecule has 46 heavy (non-hydrogen) atoms. The average molecular weight is 651 g/mol. The predicted molar refractivity (Wildman–Crippen MR) is 159 cm³/mol. The van der Waals surface area contributed by atoms with E-state index in [9.17, 15) is 40.3 Å². The number of aromatic nitrogens is 1. The van der Waals surface area contributed by atoms with Gasteiger partial charge in [0.15, 0.2) is 5.78 Å². The summed E-state index contributed by atoms with van der Waals surface area (Å²) in [6.07, 6.45) is -7.45. The normalized spacial score (nSPS) is 18.0. The first-order chi connectivity index (χ1) is 21.4. The molecule has 2 fully saturated rings. The Kier molecular flexibility index (Phi) is 8.69. The van der Waals surface area contributed by atoms with Crippen molar-refractivity contribution in [1.82, 2.24) is 9.88 Å². The minimum absolute atomic E-state index is 0.0204. The van der Waals surface area contributed by atoms with Crippen LogP contribution in [0, 0.1) is 12.7 Å². The topological polar surface area (TPSA) is 56.8 Å². The summed E-state index contributed by atoms with van der Waals surface area (Å²) in [5.74, 6) is -0.622. The van der Waals surface area contributed by atoms with Gasteiger partial charge in [0.1, 0.15) is 11.6 Å². The SMILES string of the molecule is Cc1cc(F)ccc1-c1cc(N2CCN3CCCC(=O)C3C2)ncc1N(C)C(=O)C(C)(C)c1cc(C(F)(F)F)cc(C(F)(F)F)c1. The van der Waals surface area contributed by atoms with Crippen LogP contribution in [0.3, 0.4) is 0 Å². The molecule has 0 aliphatic carbocycles. The number of anilines is 2. The highest BCUT2D eigenvalue weighted by Crippen LogP contribution is 2.41. The van der Waals surface area contributed by atoms with Gasteiger partial charge in [0.2, 0.25) is 5.91 Å². The summed E-state index contributed by atoms with van der Waals surface area (Å²) in [6, 6.07) is 6.65. The molecule has 0 saturated carbocycles. The minimum Gasteiger partial charge on any atom is -0.353 e. The van der Waals surface area contributed by atoms with Crippen LogP contribution in [0.4, 0.5) is 42.2 Å². The Morgan fingerprint density at radius 3 is 2.13 bits per heavy atom. The maximum Gasteiger partial charge on any atom is 0.416 e. The molecule has 2 saturated heterocycles. The van der Waals surface area contributed by atoms with Crippen molar-refractivity contribution < 1.29 is 40.3 Å². The lowest BCUT2D eigenvalue weighted by Crippen LogP contribution is -2.58. The zero-order valence-electron chi connectivity index (χ0n) is 25.7. The Morgan fingerprint density at radius 1 is 0.891 bits per heavy atom. The molecule has 1 atom stereocenters. The van der Waals surface area contributed by atoms with Crippen LogP contribution in [0.1, 0.15) is 48.9 Å². The van der Waals surface area contributed by atoms with E-state index < -0.39 is 46.2 Å². The van der Waals surface area contributed by atoms with Gasteiger partial charge in [-0.3, -0.25) is 14.5 Å². The Morgan fingerprint density at radius 2 is 1.52 bits per heavy atom. The van der Waals surface area contributed by atoms with Crippen LogP contribution < -0.4 is 9.80 Å². The van der Waals surface area contributed by atoms with E-state index in [2.05, 4.69) is 9.88 Å². The van der Waals surface area contributed by atoms with E-state index in [1.54, 1.807) is 13.0 Å². The maximum absolute atomic E-state index is 14.1. The van der Waals surface area contributed by atoms with E-state index in [0.29, 0.717) is 60.7 Å². The van der Waals surface area contributed by atoms with Crippen LogP contribution in [0.25, 0.3) is 11.1 Å². The summed E-state index contributed by atoms with van der Waals surface area (Å²) in [5.41, 5.74) is -3.62. The molecule has 2 aromatic carbocycles. The molecule has 2 aliphatic heterocycles. The molecule has 3 aromatic rings. The fourth-order valence-electron chi connectivity index (χ4n) is 6.21. The lowest BCUT2D eigenvalue weighted by Gasteiger charge is -2.43. The number of rotatable bonds is 5. The number of ketones is 1. The number of carbonyl (C=O) groups excluding carboxylic acids is 2. The number of hydrogen-bond donors (Lipinski definition) is 0. The molecule has 1 unspecified atom stereocenters. The van der Waals surface area contributed by atoms with Crippen LogP contribution in [0.2, 0.25) is 0 Å². The number of fused-ring (bicyclic) bond motifs is 1. The Bertz CT molecular complexity index is 1640. The van der Waals surface area contributed by atoms with Crippen LogP contribution in [-0.4, -0.2) is 60.8 Å². The van der Waals surface area contributed by atoms with Gasteiger partial charge in [-0.05, 0) is 86.8 Å². The number of aryl methyl sites for hydroxylation is 1. The Labute approximate surface area is 261 Å². The van der Waals surface area contributed by atoms with E-state index in [1.807, 2.05) is 4.90 Å². The van der Waals surface area contributed by atoms with Gasteiger partial charge in [-0.15, -0.1) is 0 Å². The van der Waals surface area contributed by atoms with E-state index in [1.165, 1.54) is 45.3 Å². The summed E-state index contributed by atoms with van der Waals surface area (Å²) in [4.78, 5) is 36.5. The number of nitrogens with zero attached hydrogens (tertiary/aromatic N) is 4. The molecule has 2 aliphatic rings. The number of alkyl halides is 6. The highest BCUT2D eigenvalue weighted by atomic mass is 19.4. The van der Waals surface area contributed by atoms with Gasteiger partial charge in [-0.2, -0.15) is 26.3 Å². The summed E-state index contributed by atoms with van der Waals surface area (Å²) in [7, 11) is 1.36. The van der Waals surface area contributed by atoms with Crippen LogP contribution in [-0.2, 0) is 27.4 Å². The smallest absolute Gasteiger partial charge is 0.353 e. The van der Waals surface area contributed by atoms with E-state index in [4.69, 9.17) is 0 Å². The van der Waals surface area contributed by atoms with Gasteiger partial charge < -0.3 is 9.80 Å². The van der Waals surface area contributed by atoms with Crippen molar-refractivity contribution in [1.29, 1.82) is 0 Å². The van der Waals surface area contributed by atoms with E-state index >= 15 is 0 Å². The number of likely N-dealkylation sites (N-methyl/N-ethyl adjacent to an activating group) is 1. The fraction of sp³-hybridized carbons (Fsp3) is 0.424. The van der Waals surface area contributed by atoms with Gasteiger partial charge in [-0.25, -0.2) is 9.37 Å². The standard InChI is InChI=1S/C33H33F7N4O2/c1-19-12-23(34)7-8-24(19)25-16-29(44-11-10-43-9-5-6-28(45)27(43)18-44)41-17-26(25)42(4)30(46)31(2,3)20-13-21(32(35,36)37)15-22(14-20)33(38,39)40/h7-8,12-17,27H,5-6,9-11,18H2,1-4H3. The number of hydrogen-bond acceptors (Lipinski definition) is 5. The molecular formula is C33H33F7N4O2. The number of benzene rings is 2. The molecule has 0 spiro atoms. The van der Waals surface area contributed by atoms with Gasteiger partial charge in [-0.1, -0.05) is 6.07 Å². The third-order valence-corrected chi connectivity index (χ3v) is 8.91. The van der Waals surface area contributed by atoms with E-state index in [-0.39, 0.29) is 23.6 Å². The van der Waals surface area contributed by atoms with Gasteiger partial charge >= 0.3 is 12.4 Å². The molecule has 0 bridgehead atoms. The Balaban J connectivity index is 1.56. The number of piperazine rings is 1. The molecule has 1 aromatic heterocycles. The number of pyridine rings is 1. The highest BCUT2D eigenvalue weighted by Gasteiger charge is 2.42. The number of carbonyl (C=O) groups is 2. The van der Waals surface area contributed by atoms with Crippen molar-refractivity contribution in [3.05, 3.63) is 76.7 Å². The first-order valence-corrected chi connectivity index (χ1v) is 14.7. The quantitative estimate of drug-likeness (QED) is 0.278. The second-order valence-corrected chi connectivity index (χ2v) is 12.4. The van der Waals surface area contributed by atoms with Crippen molar-refractivity contribution in [2.45, 2.75) is 57.4 Å². The average Bonchev–Trinajstić information content (AvgIpc) is 2.99. The van der Waals surface area contributed by atoms with Crippen LogP contribution in [0.5, 0.6) is 0 Å². The van der Waals surface area contributed by atoms with Gasteiger partial charge in [0.25, 0.3) is 0 Å². The molecular weight excluding hydrogens is 617 g/mol. The fourth-order valence-corrected chi connectivity index (χ4v) is 6.21. The lowest BCUT2D eigenvalue weighted by molar-refractivity contribution is -0.143. The van der Waals surface area contributed by atoms with Crippen molar-refractivity contribution in [2.24, 2.45) is 0 Å². The van der Waals surface area contributed by atoms with Gasteiger partial charge in [0, 0.05) is 38.7 Å². The molecule has 3 heterocycles. The number of amides is 1. The minimum atomic E-state index is -5.08. The number of Topliss-reactive ketones (excluding diaryl/α,β-unsaturated/α-hetero) is 1. The first kappa shape index (κ1) is 33.4. The predicted octanol–water partition coefficient (Wildman–Crippen LogP) is 7.03. The van der Waals surface area contributed by atoms with Crippen molar-refractivity contribution in [3.63, 3.8) is 0 Å². The van der Waals surface area contributed by atoms with Gasteiger partial charge in [0.05, 0.1) is 34.5 Å². The molecule has 0 N–H and O–H groups in total. The summed E-state index contributed by atoms with van der Waals surface area (Å²) < 4.78 is 95.9. The first-order valence-electron chi connectivity index (χ1n) is 14.7. The zero-order valence-corrected chi connectivity index (χ0v) is 25.7. The molecule has 6 nitrogen and oxygen atoms in total. The lowest BCUT2D eigenvalue weighted by atomic mass is 9.81. The molecule has 0 radical (unpaired) electrons. The second-order valence-electron chi connectivity index (χ2n) is 12.4. The Hall–Kier alpha value is -4.00. The summed E-state index contributed by atoms with van der Waals surface area (Å²) >= 11 is 0. The zero-order chi connectivity index (χ0) is 33.8. The van der Waals surface area contributed by atoms with Crippen LogP contribution in [0.15, 0.2) is 48.7 Å². The van der Waals surface area contributed by atoms with Crippen LogP contribution >= 0.6 is 0 Å². The second kappa shape index (κ2) is 12.0. The third kappa shape index (κ3) is 6.47. The molecule has 13 heteroatoms. The molecule has 1 amide bonds. The number of halogens is 7. The van der Waals surface area contributed by atoms with Crippen molar-refractivity contribution in [2.75, 3.05) is 43.0 Å². The van der Waals surface area contributed by atoms with Crippen molar-refractivity contribution >= 4 is 23.2 Å². The monoisotopic (exact) mass is 650 g/mol. The molecule has 246 valence electrons. The summed E-state index contributed by atoms with van der Waals surface area (Å²) in [6.45, 7) is 6.65. The third-order valence-electron chi connectivity index (χ3n) is 8.91. The largest absolute Gasteiger partial charge is 0.416 e. The highest BCUT2D eigenvalue weighted by molar-refractivity contribution is 6.03. The van der Waals surface area contributed by atoms with E-state index in [0.717, 1.165) is 17.9 Å². The maximum atomic E-state index is 14.1. The molecule has 5 rings (SSSR count). The van der Waals surface area contributed by atoms with Crippen molar-refractivity contribution in [3.8, 4) is 11.1 Å². The number of piperidine rings is 1.